The minimum Gasteiger partial charge on any atom is -0.327 e. The summed E-state index contributed by atoms with van der Waals surface area (Å²) in [7, 11) is 0. The first-order valence-electron chi connectivity index (χ1n) is 14.8. The van der Waals surface area contributed by atoms with Crippen LogP contribution >= 0.6 is 0 Å². The van der Waals surface area contributed by atoms with Crippen LogP contribution in [0.1, 0.15) is 122 Å². The van der Waals surface area contributed by atoms with Crippen LogP contribution in [0.25, 0.3) is 0 Å². The van der Waals surface area contributed by atoms with Crippen LogP contribution in [-0.2, 0) is 0 Å². The number of nitrogens with zero attached hydrogens (tertiary/aromatic N) is 2. The van der Waals surface area contributed by atoms with Gasteiger partial charge in [-0.1, -0.05) is 116 Å². The first-order chi connectivity index (χ1) is 19.5. The maximum atomic E-state index is 11.2. The number of hydrogen-bond acceptors (Lipinski definition) is 4. The molecule has 0 spiro atoms. The normalized spacial score (nSPS) is 14.4. The number of allylic oxidation sites excluding steroid dienone is 2. The maximum Gasteiger partial charge on any atom is 0.186 e. The van der Waals surface area contributed by atoms with E-state index >= 15 is 0 Å². The summed E-state index contributed by atoms with van der Waals surface area (Å²) in [5.41, 5.74) is 9.53. The molecule has 2 aliphatic rings. The van der Waals surface area contributed by atoms with E-state index in [4.69, 9.17) is 0 Å². The highest BCUT2D eigenvalue weighted by molar-refractivity contribution is 6.21. The average molecular weight is 549 g/mol. The van der Waals surface area contributed by atoms with Crippen LogP contribution in [0.15, 0.2) is 85.2 Å². The van der Waals surface area contributed by atoms with Crippen molar-refractivity contribution in [3.8, 4) is 0 Å². The zero-order valence-corrected chi connectivity index (χ0v) is 25.8. The van der Waals surface area contributed by atoms with Gasteiger partial charge in [0.15, 0.2) is 11.6 Å². The Morgan fingerprint density at radius 3 is 1.10 bits per heavy atom. The molecular formula is C37H44N2O2. The molecule has 0 unspecified atom stereocenters. The van der Waals surface area contributed by atoms with Gasteiger partial charge in [-0.15, -0.1) is 0 Å². The molecule has 3 aromatic rings. The third kappa shape index (κ3) is 6.37. The topological polar surface area (TPSA) is 40.6 Å². The molecule has 4 heteroatoms. The molecule has 0 radical (unpaired) electrons. The Morgan fingerprint density at radius 1 is 0.488 bits per heavy atom. The third-order valence-corrected chi connectivity index (χ3v) is 7.83. The lowest BCUT2D eigenvalue weighted by Crippen LogP contribution is -2.28. The molecular weight excluding hydrogens is 504 g/mol. The number of carbonyl (C=O) groups excluding carboxylic acids is 2. The standard InChI is InChI=1S/C27H38N2.C10H6O2/c1-18(2)22-11-9-12-23(19(3)4)26(22)28-15-16-29(17-28)27-24(20(5)6)13-10-14-25(27)21(7)8;11-9-5-6-10(12)8-4-2-1-3-7(8)9/h9-16,18-21H,17H2,1-8H3;1-6H. The van der Waals surface area contributed by atoms with Gasteiger partial charge in [-0.2, -0.15) is 0 Å². The minimum absolute atomic E-state index is 0.0924. The SMILES string of the molecule is CC(C)c1cccc(C(C)C)c1N1C=CN(c2c(C(C)C)cccc2C(C)C)C1.O=C1C=CC(=O)c2ccccc21. The first kappa shape index (κ1) is 30.0. The van der Waals surface area contributed by atoms with Gasteiger partial charge < -0.3 is 9.80 Å². The second-order valence-corrected chi connectivity index (χ2v) is 12.2. The van der Waals surface area contributed by atoms with E-state index in [1.54, 1.807) is 24.3 Å². The molecule has 0 saturated heterocycles. The van der Waals surface area contributed by atoms with Gasteiger partial charge in [0, 0.05) is 34.9 Å². The smallest absolute Gasteiger partial charge is 0.186 e. The van der Waals surface area contributed by atoms with Gasteiger partial charge in [0.25, 0.3) is 0 Å². The second kappa shape index (κ2) is 12.7. The van der Waals surface area contributed by atoms with Crippen molar-refractivity contribution in [1.82, 2.24) is 0 Å². The molecule has 1 heterocycles. The molecule has 0 bridgehead atoms. The fourth-order valence-corrected chi connectivity index (χ4v) is 5.64. The highest BCUT2D eigenvalue weighted by atomic mass is 16.1. The Labute approximate surface area is 246 Å². The molecule has 0 saturated carbocycles. The average Bonchev–Trinajstić information content (AvgIpc) is 3.44. The summed E-state index contributed by atoms with van der Waals surface area (Å²) in [5, 5.41) is 0. The summed E-state index contributed by atoms with van der Waals surface area (Å²) in [6, 6.07) is 20.5. The summed E-state index contributed by atoms with van der Waals surface area (Å²) >= 11 is 0. The van der Waals surface area contributed by atoms with E-state index in [1.165, 1.54) is 45.8 Å². The number of ketones is 2. The molecule has 5 rings (SSSR count). The monoisotopic (exact) mass is 548 g/mol. The van der Waals surface area contributed by atoms with Crippen LogP contribution in [0.3, 0.4) is 0 Å². The van der Waals surface area contributed by atoms with Gasteiger partial charge in [-0.3, -0.25) is 9.59 Å². The Bertz CT molecular complexity index is 1320. The number of benzene rings is 3. The van der Waals surface area contributed by atoms with Crippen LogP contribution in [-0.4, -0.2) is 18.2 Å². The fourth-order valence-electron chi connectivity index (χ4n) is 5.64. The van der Waals surface area contributed by atoms with Crippen molar-refractivity contribution >= 4 is 22.9 Å². The molecule has 1 aliphatic carbocycles. The number of fused-ring (bicyclic) bond motifs is 1. The number of hydrogen-bond donors (Lipinski definition) is 0. The molecule has 0 N–H and O–H groups in total. The Hall–Kier alpha value is -3.92. The van der Waals surface area contributed by atoms with E-state index in [2.05, 4.69) is 114 Å². The first-order valence-corrected chi connectivity index (χ1v) is 14.8. The van der Waals surface area contributed by atoms with E-state index in [-0.39, 0.29) is 11.6 Å². The van der Waals surface area contributed by atoms with Crippen molar-refractivity contribution in [1.29, 1.82) is 0 Å². The Balaban J connectivity index is 0.000000267. The van der Waals surface area contributed by atoms with Crippen LogP contribution < -0.4 is 9.80 Å². The molecule has 4 nitrogen and oxygen atoms in total. The van der Waals surface area contributed by atoms with Crippen LogP contribution in [0.5, 0.6) is 0 Å². The summed E-state index contributed by atoms with van der Waals surface area (Å²) in [6.07, 6.45) is 7.16. The third-order valence-electron chi connectivity index (χ3n) is 7.83. The van der Waals surface area contributed by atoms with E-state index in [9.17, 15) is 9.59 Å². The summed E-state index contributed by atoms with van der Waals surface area (Å²) in [4.78, 5) is 27.3. The van der Waals surface area contributed by atoms with Crippen molar-refractivity contribution in [2.75, 3.05) is 16.5 Å². The van der Waals surface area contributed by atoms with Crippen molar-refractivity contribution in [3.05, 3.63) is 119 Å². The fraction of sp³-hybridized carbons (Fsp3) is 0.351. The van der Waals surface area contributed by atoms with Gasteiger partial charge in [-0.25, -0.2) is 0 Å². The molecule has 0 fully saturated rings. The Kier molecular flexibility index (Phi) is 9.32. The summed E-state index contributed by atoms with van der Waals surface area (Å²) in [5.74, 6) is 1.82. The predicted octanol–water partition coefficient (Wildman–Crippen LogP) is 9.56. The Morgan fingerprint density at radius 2 is 0.805 bits per heavy atom. The molecule has 0 aromatic heterocycles. The lowest BCUT2D eigenvalue weighted by Gasteiger charge is -2.31. The van der Waals surface area contributed by atoms with Gasteiger partial charge in [0.1, 0.15) is 0 Å². The van der Waals surface area contributed by atoms with Crippen molar-refractivity contribution in [3.63, 3.8) is 0 Å². The van der Waals surface area contributed by atoms with Crippen molar-refractivity contribution in [2.24, 2.45) is 0 Å². The molecule has 214 valence electrons. The number of carbonyl (C=O) groups is 2. The zero-order chi connectivity index (χ0) is 29.8. The highest BCUT2D eigenvalue weighted by Gasteiger charge is 2.26. The summed E-state index contributed by atoms with van der Waals surface area (Å²) < 4.78 is 0. The van der Waals surface area contributed by atoms with E-state index in [1.807, 2.05) is 0 Å². The van der Waals surface area contributed by atoms with Gasteiger partial charge in [0.05, 0.1) is 6.67 Å². The minimum atomic E-state index is -0.0924. The van der Waals surface area contributed by atoms with E-state index in [0.717, 1.165) is 6.67 Å². The van der Waals surface area contributed by atoms with Gasteiger partial charge in [-0.05, 0) is 58.1 Å². The second-order valence-electron chi connectivity index (χ2n) is 12.2. The number of para-hydroxylation sites is 2. The van der Waals surface area contributed by atoms with Gasteiger partial charge in [0.2, 0.25) is 0 Å². The quantitative estimate of drug-likeness (QED) is 0.307. The molecule has 0 amide bonds. The van der Waals surface area contributed by atoms with Crippen molar-refractivity contribution < 1.29 is 9.59 Å². The maximum absolute atomic E-state index is 11.2. The van der Waals surface area contributed by atoms with Crippen molar-refractivity contribution in [2.45, 2.75) is 79.1 Å². The zero-order valence-electron chi connectivity index (χ0n) is 25.8. The highest BCUT2D eigenvalue weighted by Crippen LogP contribution is 2.40. The number of anilines is 2. The summed E-state index contributed by atoms with van der Waals surface area (Å²) in [6.45, 7) is 19.2. The van der Waals surface area contributed by atoms with E-state index in [0.29, 0.717) is 34.8 Å². The van der Waals surface area contributed by atoms with Crippen LogP contribution in [0.4, 0.5) is 11.4 Å². The predicted molar refractivity (Wildman–Crippen MR) is 172 cm³/mol. The molecule has 41 heavy (non-hydrogen) atoms. The van der Waals surface area contributed by atoms with Gasteiger partial charge >= 0.3 is 0 Å². The van der Waals surface area contributed by atoms with E-state index < -0.39 is 0 Å². The van der Waals surface area contributed by atoms with Crippen LogP contribution in [0.2, 0.25) is 0 Å². The molecule has 3 aromatic carbocycles. The number of rotatable bonds is 6. The largest absolute Gasteiger partial charge is 0.327 e. The lowest BCUT2D eigenvalue weighted by atomic mass is 9.91. The van der Waals surface area contributed by atoms with Crippen LogP contribution in [0, 0.1) is 0 Å². The molecule has 1 aliphatic heterocycles. The lowest BCUT2D eigenvalue weighted by molar-refractivity contribution is 0.0994. The molecule has 0 atom stereocenters.